The molecule has 25 heavy (non-hydrogen) atoms. The number of benzene rings is 1. The third-order valence-electron chi connectivity index (χ3n) is 4.05. The highest BCUT2D eigenvalue weighted by Crippen LogP contribution is 2.24. The van der Waals surface area contributed by atoms with Gasteiger partial charge >= 0.3 is 0 Å². The Morgan fingerprint density at radius 3 is 2.80 bits per heavy atom. The molecule has 1 saturated heterocycles. The van der Waals surface area contributed by atoms with Crippen molar-refractivity contribution in [2.45, 2.75) is 18.5 Å². The fraction of sp³-hybridized carbons (Fsp3) is 0.400. The fourth-order valence-corrected chi connectivity index (χ4v) is 3.86. The number of aliphatic imine (C=N–C) groups is 1. The largest absolute Gasteiger partial charge is 0.339 e. The Hall–Kier alpha value is -1.48. The first kappa shape index (κ1) is 18.3. The number of hydrogen-bond donors (Lipinski definition) is 3. The maximum atomic E-state index is 12.6. The van der Waals surface area contributed by atoms with E-state index in [9.17, 15) is 4.79 Å². The molecule has 4 N–H and O–H groups in total. The standard InChI is InChI=1S/C15H18Cl2N6OS/c1-8-20-14(25-21-8)13(19)23-5-4-22(7-12(23)18)15(24)9-2-3-10(16)11(17)6-9/h2-3,6,13-14,18H,4-5,7,19H2,1H3,(H,20,21). The molecule has 0 aromatic heterocycles. The number of nitrogens with two attached hydrogens (primary N) is 1. The van der Waals surface area contributed by atoms with Crippen molar-refractivity contribution < 1.29 is 4.79 Å². The third kappa shape index (κ3) is 3.87. The molecule has 2 unspecified atom stereocenters. The number of amides is 1. The molecule has 3 rings (SSSR count). The predicted molar refractivity (Wildman–Crippen MR) is 102 cm³/mol. The van der Waals surface area contributed by atoms with Crippen LogP contribution in [0.2, 0.25) is 10.0 Å². The summed E-state index contributed by atoms with van der Waals surface area (Å²) in [4.78, 5) is 20.4. The van der Waals surface area contributed by atoms with Crippen molar-refractivity contribution >= 4 is 52.7 Å². The van der Waals surface area contributed by atoms with Gasteiger partial charge in [-0.2, -0.15) is 0 Å². The van der Waals surface area contributed by atoms with Gasteiger partial charge in [0.05, 0.1) is 16.6 Å². The molecule has 7 nitrogen and oxygen atoms in total. The second-order valence-corrected chi connectivity index (χ2v) is 7.55. The van der Waals surface area contributed by atoms with Crippen molar-refractivity contribution in [1.82, 2.24) is 14.5 Å². The first-order valence-corrected chi connectivity index (χ1v) is 9.30. The van der Waals surface area contributed by atoms with Gasteiger partial charge in [0.15, 0.2) is 0 Å². The van der Waals surface area contributed by atoms with Gasteiger partial charge < -0.3 is 20.3 Å². The van der Waals surface area contributed by atoms with Crippen molar-refractivity contribution in [3.8, 4) is 0 Å². The molecule has 1 fully saturated rings. The van der Waals surface area contributed by atoms with Crippen LogP contribution in [0.1, 0.15) is 17.3 Å². The molecular weight excluding hydrogens is 383 g/mol. The minimum atomic E-state index is -0.412. The number of nitrogens with zero attached hydrogens (tertiary/aromatic N) is 3. The van der Waals surface area contributed by atoms with Gasteiger partial charge in [-0.3, -0.25) is 15.2 Å². The molecule has 0 spiro atoms. The first-order valence-electron chi connectivity index (χ1n) is 7.67. The highest BCUT2D eigenvalue weighted by atomic mass is 35.5. The van der Waals surface area contributed by atoms with Crippen LogP contribution in [0.25, 0.3) is 0 Å². The fourth-order valence-electron chi connectivity index (χ4n) is 2.72. The summed E-state index contributed by atoms with van der Waals surface area (Å²) in [5.41, 5.74) is 6.71. The smallest absolute Gasteiger partial charge is 0.254 e. The average molecular weight is 401 g/mol. The lowest BCUT2D eigenvalue weighted by molar-refractivity contribution is 0.0731. The summed E-state index contributed by atoms with van der Waals surface area (Å²) in [5, 5.41) is 8.85. The van der Waals surface area contributed by atoms with E-state index >= 15 is 0 Å². The van der Waals surface area contributed by atoms with Crippen molar-refractivity contribution in [1.29, 1.82) is 5.41 Å². The number of carbonyl (C=O) groups is 1. The Bertz CT molecular complexity index is 743. The zero-order valence-electron chi connectivity index (χ0n) is 13.5. The molecular formula is C15H18Cl2N6OS. The van der Waals surface area contributed by atoms with Gasteiger partial charge in [0.2, 0.25) is 0 Å². The van der Waals surface area contributed by atoms with Crippen LogP contribution in [0.5, 0.6) is 0 Å². The Labute approximate surface area is 160 Å². The van der Waals surface area contributed by atoms with Crippen molar-refractivity contribution in [3.05, 3.63) is 33.8 Å². The molecule has 0 saturated carbocycles. The van der Waals surface area contributed by atoms with Crippen LogP contribution < -0.4 is 10.5 Å². The molecule has 0 radical (unpaired) electrons. The van der Waals surface area contributed by atoms with Gasteiger partial charge in [-0.25, -0.2) is 0 Å². The summed E-state index contributed by atoms with van der Waals surface area (Å²) in [6.45, 7) is 3.03. The van der Waals surface area contributed by atoms with E-state index in [2.05, 4.69) is 9.71 Å². The number of hydrogen-bond acceptors (Lipinski definition) is 6. The highest BCUT2D eigenvalue weighted by Gasteiger charge is 2.33. The van der Waals surface area contributed by atoms with Crippen LogP contribution in [0.3, 0.4) is 0 Å². The molecule has 2 atom stereocenters. The van der Waals surface area contributed by atoms with Gasteiger partial charge in [0.1, 0.15) is 23.2 Å². The van der Waals surface area contributed by atoms with Crippen LogP contribution in [-0.4, -0.2) is 58.6 Å². The minimum absolute atomic E-state index is 0.169. The molecule has 0 bridgehead atoms. The summed E-state index contributed by atoms with van der Waals surface area (Å²) < 4.78 is 3.06. The molecule has 1 aromatic rings. The molecule has 10 heteroatoms. The second kappa shape index (κ2) is 7.41. The lowest BCUT2D eigenvalue weighted by Gasteiger charge is -2.40. The van der Waals surface area contributed by atoms with Gasteiger partial charge in [-0.05, 0) is 37.1 Å². The number of amidine groups is 2. The summed E-state index contributed by atoms with van der Waals surface area (Å²) in [5.74, 6) is 0.945. The third-order valence-corrected chi connectivity index (χ3v) is 5.83. The summed E-state index contributed by atoms with van der Waals surface area (Å²) in [6, 6.07) is 4.78. The van der Waals surface area contributed by atoms with E-state index in [0.29, 0.717) is 34.5 Å². The number of rotatable bonds is 3. The van der Waals surface area contributed by atoms with Crippen LogP contribution in [-0.2, 0) is 0 Å². The Balaban J connectivity index is 1.66. The maximum Gasteiger partial charge on any atom is 0.254 e. The number of nitrogens with one attached hydrogen (secondary N) is 2. The Morgan fingerprint density at radius 1 is 1.44 bits per heavy atom. The van der Waals surface area contributed by atoms with E-state index in [4.69, 9.17) is 34.3 Å². The van der Waals surface area contributed by atoms with E-state index in [0.717, 1.165) is 5.84 Å². The second-order valence-electron chi connectivity index (χ2n) is 5.81. The molecule has 1 amide bonds. The van der Waals surface area contributed by atoms with E-state index in [1.54, 1.807) is 28.0 Å². The van der Waals surface area contributed by atoms with Crippen LogP contribution in [0, 0.1) is 5.41 Å². The lowest BCUT2D eigenvalue weighted by Crippen LogP contribution is -2.59. The zero-order chi connectivity index (χ0) is 18.1. The van der Waals surface area contributed by atoms with Gasteiger partial charge in [-0.1, -0.05) is 23.2 Å². The van der Waals surface area contributed by atoms with E-state index in [-0.39, 0.29) is 17.8 Å². The van der Waals surface area contributed by atoms with Crippen molar-refractivity contribution in [2.75, 3.05) is 19.6 Å². The highest BCUT2D eigenvalue weighted by molar-refractivity contribution is 7.98. The van der Waals surface area contributed by atoms with Gasteiger partial charge in [0, 0.05) is 18.7 Å². The monoisotopic (exact) mass is 400 g/mol. The number of piperazine rings is 1. The topological polar surface area (TPSA) is 97.8 Å². The molecule has 134 valence electrons. The van der Waals surface area contributed by atoms with E-state index in [1.165, 1.54) is 11.9 Å². The molecule has 2 aliphatic rings. The molecule has 2 heterocycles. The first-order chi connectivity index (χ1) is 11.9. The lowest BCUT2D eigenvalue weighted by atomic mass is 10.1. The Morgan fingerprint density at radius 2 is 2.20 bits per heavy atom. The number of carbonyl (C=O) groups excluding carboxylic acids is 1. The maximum absolute atomic E-state index is 12.6. The van der Waals surface area contributed by atoms with Crippen molar-refractivity contribution in [3.63, 3.8) is 0 Å². The van der Waals surface area contributed by atoms with Gasteiger partial charge in [-0.15, -0.1) is 0 Å². The van der Waals surface area contributed by atoms with E-state index < -0.39 is 6.17 Å². The van der Waals surface area contributed by atoms with Crippen LogP contribution in [0.4, 0.5) is 0 Å². The van der Waals surface area contributed by atoms with Crippen molar-refractivity contribution in [2.24, 2.45) is 10.7 Å². The Kier molecular flexibility index (Phi) is 5.43. The zero-order valence-corrected chi connectivity index (χ0v) is 15.8. The predicted octanol–water partition coefficient (Wildman–Crippen LogP) is 2.01. The SMILES string of the molecule is CC1=NC(C(N)N2CCN(C(=O)c3ccc(Cl)c(Cl)c3)CC2=N)SN1. The summed E-state index contributed by atoms with van der Waals surface area (Å²) >= 11 is 13.3. The molecule has 1 aromatic carbocycles. The van der Waals surface area contributed by atoms with Crippen LogP contribution in [0.15, 0.2) is 23.2 Å². The van der Waals surface area contributed by atoms with Gasteiger partial charge in [0.25, 0.3) is 5.91 Å². The molecule has 2 aliphatic heterocycles. The summed E-state index contributed by atoms with van der Waals surface area (Å²) in [6.07, 6.45) is -0.412. The summed E-state index contributed by atoms with van der Waals surface area (Å²) in [7, 11) is 0. The van der Waals surface area contributed by atoms with E-state index in [1.807, 2.05) is 6.92 Å². The number of halogens is 2. The molecule has 0 aliphatic carbocycles. The quantitative estimate of drug-likeness (QED) is 0.674. The average Bonchev–Trinajstić information content (AvgIpc) is 3.02. The normalized spacial score (nSPS) is 21.8. The van der Waals surface area contributed by atoms with Crippen LogP contribution >= 0.6 is 35.1 Å². The minimum Gasteiger partial charge on any atom is -0.339 e.